The average molecular weight is 533 g/mol. The maximum absolute atomic E-state index is 13.5. The van der Waals surface area contributed by atoms with Crippen LogP contribution in [-0.4, -0.2) is 59.5 Å². The maximum atomic E-state index is 13.5. The molecule has 4 heterocycles. The Balaban J connectivity index is 1.51. The Kier molecular flexibility index (Phi) is 6.07. The van der Waals surface area contributed by atoms with Gasteiger partial charge in [0, 0.05) is 25.2 Å². The van der Waals surface area contributed by atoms with Crippen molar-refractivity contribution in [3.63, 3.8) is 0 Å². The molecule has 7 nitrogen and oxygen atoms in total. The Bertz CT molecular complexity index is 1450. The van der Waals surface area contributed by atoms with Gasteiger partial charge in [-0.15, -0.1) is 0 Å². The second kappa shape index (κ2) is 8.73. The number of halogens is 2. The number of anilines is 1. The molecule has 1 aromatic carbocycles. The average Bonchev–Trinajstić information content (AvgIpc) is 3.27. The van der Waals surface area contributed by atoms with Crippen LogP contribution in [0.15, 0.2) is 41.4 Å². The van der Waals surface area contributed by atoms with E-state index >= 15 is 0 Å². The number of pyridine rings is 1. The highest BCUT2D eigenvalue weighted by Crippen LogP contribution is 2.38. The number of hydrogen-bond donors (Lipinski definition) is 0. The number of hydrogen-bond acceptors (Lipinski definition) is 5. The maximum Gasteiger partial charge on any atom is 0.255 e. The van der Waals surface area contributed by atoms with Crippen LogP contribution >= 0.6 is 11.6 Å². The molecule has 0 aliphatic carbocycles. The fourth-order valence-corrected chi connectivity index (χ4v) is 7.68. The molecule has 0 saturated carbocycles. The van der Waals surface area contributed by atoms with Crippen molar-refractivity contribution in [2.75, 3.05) is 23.7 Å². The summed E-state index contributed by atoms with van der Waals surface area (Å²) in [4.78, 5) is 22.0. The summed E-state index contributed by atoms with van der Waals surface area (Å²) < 4.78 is 42.1. The molecule has 5 rings (SSSR count). The number of carbonyl (C=O) groups is 1. The van der Waals surface area contributed by atoms with Crippen molar-refractivity contribution in [2.24, 2.45) is 5.41 Å². The van der Waals surface area contributed by atoms with Gasteiger partial charge in [-0.1, -0.05) is 32.4 Å². The number of benzene rings is 1. The molecule has 0 N–H and O–H groups in total. The highest BCUT2D eigenvalue weighted by atomic mass is 35.5. The van der Waals surface area contributed by atoms with Gasteiger partial charge in [0.1, 0.15) is 17.5 Å². The number of aromatic nitrogens is 2. The number of nitrogens with zero attached hydrogens (tertiary/aromatic N) is 4. The number of carbonyl (C=O) groups excluding carboxylic acids is 1. The van der Waals surface area contributed by atoms with Crippen LogP contribution in [0.3, 0.4) is 0 Å². The molecule has 2 fully saturated rings. The molecule has 3 aromatic rings. The standard InChI is InChI=1S/C26H30ClFN4O3S/c1-16-29-12-20-10-21(36(34,35)15-26(2,3)4)11-24(31(16)20)32-18-6-7-19(32)14-30(13-18)25(33)22-8-5-17(28)9-23(22)27/h5,8-12,18-19H,6-7,13-15H2,1-4H3/t18-,19+. The van der Waals surface area contributed by atoms with Gasteiger partial charge < -0.3 is 9.80 Å². The molecule has 2 aromatic heterocycles. The topological polar surface area (TPSA) is 75.0 Å². The first-order valence-electron chi connectivity index (χ1n) is 12.1. The summed E-state index contributed by atoms with van der Waals surface area (Å²) in [7, 11) is -3.52. The normalized spacial score (nSPS) is 20.4. The molecule has 2 bridgehead atoms. The Labute approximate surface area is 215 Å². The Morgan fingerprint density at radius 3 is 2.42 bits per heavy atom. The molecular formula is C26H30ClFN4O3S. The summed E-state index contributed by atoms with van der Waals surface area (Å²) in [6.07, 6.45) is 3.45. The zero-order valence-electron chi connectivity index (χ0n) is 20.8. The fourth-order valence-electron chi connectivity index (χ4n) is 5.54. The SMILES string of the molecule is Cc1ncc2cc(S(=O)(=O)CC(C)(C)C)cc(N3[C@@H]4CC[C@H]3CN(C(=O)c3ccc(F)cc3Cl)C4)n12. The summed E-state index contributed by atoms with van der Waals surface area (Å²) in [5, 5.41) is 0.0993. The van der Waals surface area contributed by atoms with Crippen LogP contribution < -0.4 is 4.90 Å². The Morgan fingerprint density at radius 2 is 1.81 bits per heavy atom. The van der Waals surface area contributed by atoms with E-state index in [1.807, 2.05) is 32.1 Å². The zero-order chi connectivity index (χ0) is 26.0. The van der Waals surface area contributed by atoms with E-state index in [9.17, 15) is 17.6 Å². The molecule has 2 atom stereocenters. The van der Waals surface area contributed by atoms with Crippen LogP contribution in [0.1, 0.15) is 49.8 Å². The summed E-state index contributed by atoms with van der Waals surface area (Å²) in [6.45, 7) is 8.58. The largest absolute Gasteiger partial charge is 0.348 e. The van der Waals surface area contributed by atoms with E-state index in [-0.39, 0.29) is 44.6 Å². The summed E-state index contributed by atoms with van der Waals surface area (Å²) in [6, 6.07) is 7.31. The lowest BCUT2D eigenvalue weighted by Gasteiger charge is -2.42. The zero-order valence-corrected chi connectivity index (χ0v) is 22.4. The summed E-state index contributed by atoms with van der Waals surface area (Å²) in [5.74, 6) is 0.894. The molecule has 0 radical (unpaired) electrons. The highest BCUT2D eigenvalue weighted by molar-refractivity contribution is 7.91. The second-order valence-corrected chi connectivity index (χ2v) is 13.5. The predicted molar refractivity (Wildman–Crippen MR) is 138 cm³/mol. The van der Waals surface area contributed by atoms with Gasteiger partial charge in [0.2, 0.25) is 0 Å². The highest BCUT2D eigenvalue weighted by Gasteiger charge is 2.43. The van der Waals surface area contributed by atoms with Crippen molar-refractivity contribution < 1.29 is 17.6 Å². The lowest BCUT2D eigenvalue weighted by Crippen LogP contribution is -2.56. The number of rotatable bonds is 4. The van der Waals surface area contributed by atoms with Crippen LogP contribution in [0.4, 0.5) is 10.2 Å². The number of aryl methyl sites for hydroxylation is 1. The minimum absolute atomic E-state index is 0.0116. The van der Waals surface area contributed by atoms with Crippen LogP contribution in [0.25, 0.3) is 5.52 Å². The van der Waals surface area contributed by atoms with Crippen molar-refractivity contribution in [3.05, 3.63) is 58.8 Å². The Morgan fingerprint density at radius 1 is 1.14 bits per heavy atom. The fraction of sp³-hybridized carbons (Fsp3) is 0.462. The predicted octanol–water partition coefficient (Wildman–Crippen LogP) is 4.75. The lowest BCUT2D eigenvalue weighted by atomic mass is 10.0. The third kappa shape index (κ3) is 4.47. The molecule has 36 heavy (non-hydrogen) atoms. The molecule has 2 aliphatic heterocycles. The molecule has 0 unspecified atom stereocenters. The monoisotopic (exact) mass is 532 g/mol. The van der Waals surface area contributed by atoms with Crippen molar-refractivity contribution in [3.8, 4) is 0 Å². The van der Waals surface area contributed by atoms with Gasteiger partial charge in [0.25, 0.3) is 5.91 Å². The third-order valence-electron chi connectivity index (χ3n) is 6.93. The van der Waals surface area contributed by atoms with Crippen LogP contribution in [0, 0.1) is 18.2 Å². The summed E-state index contributed by atoms with van der Waals surface area (Å²) in [5.41, 5.74) is 0.635. The van der Waals surface area contributed by atoms with Gasteiger partial charge in [0.05, 0.1) is 32.9 Å². The second-order valence-electron chi connectivity index (χ2n) is 11.1. The van der Waals surface area contributed by atoms with Crippen LogP contribution in [0.2, 0.25) is 5.02 Å². The number of piperazine rings is 1. The number of imidazole rings is 1. The molecular weight excluding hydrogens is 503 g/mol. The van der Waals surface area contributed by atoms with Gasteiger partial charge in [-0.2, -0.15) is 0 Å². The molecule has 0 spiro atoms. The first-order valence-corrected chi connectivity index (χ1v) is 14.1. The van der Waals surface area contributed by atoms with Gasteiger partial charge in [-0.3, -0.25) is 9.20 Å². The molecule has 2 aliphatic rings. The van der Waals surface area contributed by atoms with Crippen molar-refractivity contribution in [2.45, 2.75) is 57.5 Å². The van der Waals surface area contributed by atoms with E-state index in [4.69, 9.17) is 11.6 Å². The van der Waals surface area contributed by atoms with Gasteiger partial charge in [-0.05, 0) is 55.5 Å². The lowest BCUT2D eigenvalue weighted by molar-refractivity contribution is 0.0717. The Hall–Kier alpha value is -2.65. The van der Waals surface area contributed by atoms with Gasteiger partial charge in [-0.25, -0.2) is 17.8 Å². The van der Waals surface area contributed by atoms with Gasteiger partial charge in [0.15, 0.2) is 9.84 Å². The van der Waals surface area contributed by atoms with Crippen LogP contribution in [-0.2, 0) is 9.84 Å². The smallest absolute Gasteiger partial charge is 0.255 e. The molecule has 10 heteroatoms. The molecule has 1 amide bonds. The van der Waals surface area contributed by atoms with E-state index in [2.05, 4.69) is 9.88 Å². The number of fused-ring (bicyclic) bond motifs is 3. The minimum atomic E-state index is -3.52. The van der Waals surface area contributed by atoms with Crippen LogP contribution in [0.5, 0.6) is 0 Å². The van der Waals surface area contributed by atoms with Crippen molar-refractivity contribution >= 4 is 38.7 Å². The van der Waals surface area contributed by atoms with E-state index in [0.717, 1.165) is 36.1 Å². The molecule has 192 valence electrons. The number of amides is 1. The van der Waals surface area contributed by atoms with E-state index < -0.39 is 15.7 Å². The third-order valence-corrected chi connectivity index (χ3v) is 9.45. The van der Waals surface area contributed by atoms with E-state index in [0.29, 0.717) is 13.1 Å². The molecule has 2 saturated heterocycles. The first kappa shape index (κ1) is 25.0. The minimum Gasteiger partial charge on any atom is -0.348 e. The first-order chi connectivity index (χ1) is 16.8. The quantitative estimate of drug-likeness (QED) is 0.485. The summed E-state index contributed by atoms with van der Waals surface area (Å²) >= 11 is 6.17. The van der Waals surface area contributed by atoms with E-state index in [1.165, 1.54) is 12.1 Å². The van der Waals surface area contributed by atoms with Crippen molar-refractivity contribution in [1.29, 1.82) is 0 Å². The number of sulfone groups is 1. The van der Waals surface area contributed by atoms with Gasteiger partial charge >= 0.3 is 0 Å². The van der Waals surface area contributed by atoms with E-state index in [1.54, 1.807) is 23.2 Å². The number of likely N-dealkylation sites (tertiary alicyclic amines) is 1. The van der Waals surface area contributed by atoms with Crippen molar-refractivity contribution in [1.82, 2.24) is 14.3 Å².